The zero-order chi connectivity index (χ0) is 22.5. The molecule has 2 aliphatic heterocycles. The lowest BCUT2D eigenvalue weighted by Crippen LogP contribution is -2.42. The predicted molar refractivity (Wildman–Crippen MR) is 122 cm³/mol. The van der Waals surface area contributed by atoms with Gasteiger partial charge in [-0.25, -0.2) is 12.8 Å². The number of sulfonamides is 1. The van der Waals surface area contributed by atoms with E-state index in [1.54, 1.807) is 41.6 Å². The average molecular weight is 453 g/mol. The maximum atomic E-state index is 13.7. The summed E-state index contributed by atoms with van der Waals surface area (Å²) in [5, 5.41) is 13.4. The molecule has 0 aromatic heterocycles. The van der Waals surface area contributed by atoms with E-state index in [4.69, 9.17) is 0 Å². The highest BCUT2D eigenvalue weighted by atomic mass is 32.2. The van der Waals surface area contributed by atoms with Gasteiger partial charge in [-0.3, -0.25) is 0 Å². The quantitative estimate of drug-likeness (QED) is 0.618. The fraction of sp³-hybridized carbons (Fsp3) is 0.280. The van der Waals surface area contributed by atoms with Crippen LogP contribution >= 0.6 is 0 Å². The molecule has 0 spiro atoms. The first-order chi connectivity index (χ1) is 15.4. The average Bonchev–Trinajstić information content (AvgIpc) is 3.25. The molecule has 2 heterocycles. The van der Waals surface area contributed by atoms with Crippen molar-refractivity contribution in [2.24, 2.45) is 5.92 Å². The molecule has 1 fully saturated rings. The molecule has 7 heteroatoms. The number of hydrogen-bond donors (Lipinski definition) is 2. The molecule has 1 saturated heterocycles. The lowest BCUT2D eigenvalue weighted by atomic mass is 9.82. The molecule has 32 heavy (non-hydrogen) atoms. The van der Waals surface area contributed by atoms with Gasteiger partial charge < -0.3 is 10.4 Å². The van der Waals surface area contributed by atoms with Crippen molar-refractivity contribution in [2.45, 2.75) is 30.3 Å². The Morgan fingerprint density at radius 3 is 2.50 bits per heavy atom. The normalized spacial score (nSPS) is 22.8. The highest BCUT2D eigenvalue weighted by Crippen LogP contribution is 2.49. The minimum Gasteiger partial charge on any atom is -0.394 e. The summed E-state index contributed by atoms with van der Waals surface area (Å²) in [6.45, 7) is 2.13. The Labute approximate surface area is 187 Å². The van der Waals surface area contributed by atoms with E-state index in [1.807, 2.05) is 24.3 Å². The van der Waals surface area contributed by atoms with Crippen LogP contribution in [0.1, 0.15) is 23.6 Å². The van der Waals surface area contributed by atoms with E-state index in [9.17, 15) is 17.9 Å². The SMILES string of the molecule is Cc1ccccc1S(=O)(=O)N1CC[C@H]2[C@H](CO)Nc3ccc(-c4ccc(F)cc4)cc3[C@H]21. The summed E-state index contributed by atoms with van der Waals surface area (Å²) in [6, 6.07) is 18.6. The van der Waals surface area contributed by atoms with Crippen LogP contribution in [0.4, 0.5) is 10.1 Å². The zero-order valence-corrected chi connectivity index (χ0v) is 18.5. The second-order valence-corrected chi connectivity index (χ2v) is 10.4. The number of anilines is 1. The van der Waals surface area contributed by atoms with Crippen LogP contribution in [-0.2, 0) is 10.0 Å². The highest BCUT2D eigenvalue weighted by molar-refractivity contribution is 7.89. The Kier molecular flexibility index (Phi) is 5.28. The van der Waals surface area contributed by atoms with Crippen molar-refractivity contribution in [3.05, 3.63) is 83.7 Å². The molecule has 2 N–H and O–H groups in total. The zero-order valence-electron chi connectivity index (χ0n) is 17.7. The third-order valence-corrected chi connectivity index (χ3v) is 8.72. The van der Waals surface area contributed by atoms with E-state index < -0.39 is 10.0 Å². The summed E-state index contributed by atoms with van der Waals surface area (Å²) in [6.07, 6.45) is 0.661. The van der Waals surface area contributed by atoms with Gasteiger partial charge in [0.2, 0.25) is 10.0 Å². The largest absolute Gasteiger partial charge is 0.394 e. The number of hydrogen-bond acceptors (Lipinski definition) is 4. The maximum Gasteiger partial charge on any atom is 0.243 e. The van der Waals surface area contributed by atoms with E-state index in [2.05, 4.69) is 5.32 Å². The number of nitrogens with zero attached hydrogens (tertiary/aromatic N) is 1. The lowest BCUT2D eigenvalue weighted by Gasteiger charge is -2.39. The predicted octanol–water partition coefficient (Wildman–Crippen LogP) is 4.34. The molecule has 0 amide bonds. The number of aryl methyl sites for hydroxylation is 1. The Balaban J connectivity index is 1.62. The number of aliphatic hydroxyl groups is 1. The molecule has 2 aliphatic rings. The monoisotopic (exact) mass is 452 g/mol. The number of rotatable bonds is 4. The van der Waals surface area contributed by atoms with Crippen LogP contribution in [0, 0.1) is 18.7 Å². The summed E-state index contributed by atoms with van der Waals surface area (Å²) < 4.78 is 42.4. The second-order valence-electron chi connectivity index (χ2n) is 8.52. The van der Waals surface area contributed by atoms with Crippen LogP contribution in [0.3, 0.4) is 0 Å². The maximum absolute atomic E-state index is 13.7. The number of fused-ring (bicyclic) bond motifs is 3. The van der Waals surface area contributed by atoms with Crippen molar-refractivity contribution < 1.29 is 17.9 Å². The van der Waals surface area contributed by atoms with Gasteiger partial charge in [-0.2, -0.15) is 4.31 Å². The van der Waals surface area contributed by atoms with Gasteiger partial charge in [0, 0.05) is 18.2 Å². The van der Waals surface area contributed by atoms with Gasteiger partial charge in [0.15, 0.2) is 0 Å². The molecule has 0 bridgehead atoms. The Bertz CT molecular complexity index is 1260. The van der Waals surface area contributed by atoms with Crippen LogP contribution in [-0.4, -0.2) is 37.0 Å². The van der Waals surface area contributed by atoms with Crippen molar-refractivity contribution in [3.8, 4) is 11.1 Å². The summed E-state index contributed by atoms with van der Waals surface area (Å²) in [4.78, 5) is 0.316. The van der Waals surface area contributed by atoms with E-state index in [1.165, 1.54) is 12.1 Å². The Morgan fingerprint density at radius 2 is 1.78 bits per heavy atom. The molecule has 5 nitrogen and oxygen atoms in total. The van der Waals surface area contributed by atoms with E-state index >= 15 is 0 Å². The first kappa shape index (κ1) is 21.1. The highest BCUT2D eigenvalue weighted by Gasteiger charge is 2.48. The van der Waals surface area contributed by atoms with E-state index in [-0.39, 0.29) is 30.4 Å². The van der Waals surface area contributed by atoms with Crippen LogP contribution < -0.4 is 5.32 Å². The summed E-state index contributed by atoms with van der Waals surface area (Å²) >= 11 is 0. The lowest BCUT2D eigenvalue weighted by molar-refractivity contribution is 0.210. The van der Waals surface area contributed by atoms with Crippen LogP contribution in [0.2, 0.25) is 0 Å². The molecule has 3 aromatic rings. The van der Waals surface area contributed by atoms with Crippen molar-refractivity contribution in [1.29, 1.82) is 0 Å². The molecule has 5 rings (SSSR count). The van der Waals surface area contributed by atoms with Crippen molar-refractivity contribution >= 4 is 15.7 Å². The van der Waals surface area contributed by atoms with Gasteiger partial charge in [-0.1, -0.05) is 36.4 Å². The molecular weight excluding hydrogens is 427 g/mol. The molecule has 3 aromatic carbocycles. The first-order valence-corrected chi connectivity index (χ1v) is 12.2. The van der Waals surface area contributed by atoms with E-state index in [0.717, 1.165) is 22.4 Å². The number of aliphatic hydroxyl groups excluding tert-OH is 1. The Hall–Kier alpha value is -2.74. The van der Waals surface area contributed by atoms with Crippen molar-refractivity contribution in [2.75, 3.05) is 18.5 Å². The van der Waals surface area contributed by atoms with Gasteiger partial charge in [0.1, 0.15) is 5.82 Å². The minimum atomic E-state index is -3.72. The number of nitrogens with one attached hydrogen (secondary N) is 1. The van der Waals surface area contributed by atoms with Gasteiger partial charge in [-0.15, -0.1) is 0 Å². The van der Waals surface area contributed by atoms with Crippen molar-refractivity contribution in [3.63, 3.8) is 0 Å². The summed E-state index contributed by atoms with van der Waals surface area (Å²) in [7, 11) is -3.72. The van der Waals surface area contributed by atoms with Gasteiger partial charge >= 0.3 is 0 Å². The van der Waals surface area contributed by atoms with Gasteiger partial charge in [-0.05, 0) is 65.9 Å². The smallest absolute Gasteiger partial charge is 0.243 e. The second kappa shape index (κ2) is 7.99. The minimum absolute atomic E-state index is 0.0465. The summed E-state index contributed by atoms with van der Waals surface area (Å²) in [5.41, 5.74) is 4.18. The van der Waals surface area contributed by atoms with Crippen LogP contribution in [0.15, 0.2) is 71.6 Å². The van der Waals surface area contributed by atoms with Gasteiger partial charge in [0.05, 0.1) is 23.6 Å². The summed E-state index contributed by atoms with van der Waals surface area (Å²) in [5.74, 6) is -0.347. The van der Waals surface area contributed by atoms with Crippen LogP contribution in [0.5, 0.6) is 0 Å². The molecule has 166 valence electrons. The van der Waals surface area contributed by atoms with Crippen molar-refractivity contribution in [1.82, 2.24) is 4.31 Å². The molecule has 0 saturated carbocycles. The van der Waals surface area contributed by atoms with Gasteiger partial charge in [0.25, 0.3) is 0 Å². The molecule has 3 atom stereocenters. The first-order valence-electron chi connectivity index (χ1n) is 10.7. The fourth-order valence-electron chi connectivity index (χ4n) is 5.08. The number of benzene rings is 3. The Morgan fingerprint density at radius 1 is 1.06 bits per heavy atom. The fourth-order valence-corrected chi connectivity index (χ4v) is 6.98. The molecule has 0 aliphatic carbocycles. The topological polar surface area (TPSA) is 69.6 Å². The third-order valence-electron chi connectivity index (χ3n) is 6.68. The molecule has 0 unspecified atom stereocenters. The molecular formula is C25H25FN2O3S. The number of halogens is 1. The van der Waals surface area contributed by atoms with Crippen LogP contribution in [0.25, 0.3) is 11.1 Å². The third kappa shape index (κ3) is 3.41. The standard InChI is InChI=1S/C25H25FN2O3S/c1-16-4-2-3-5-24(16)32(30,31)28-13-12-20-23(15-29)27-22-11-8-18(14-21(22)25(20)28)17-6-9-19(26)10-7-17/h2-11,14,20,23,25,27,29H,12-13,15H2,1H3/t20-,23-,25-/m0/s1. The molecule has 0 radical (unpaired) electrons. The van der Waals surface area contributed by atoms with E-state index in [0.29, 0.717) is 23.4 Å².